The summed E-state index contributed by atoms with van der Waals surface area (Å²) in [5.41, 5.74) is 2.19. The van der Waals surface area contributed by atoms with Crippen LogP contribution in [0.5, 0.6) is 0 Å². The second kappa shape index (κ2) is 20.2. The van der Waals surface area contributed by atoms with Crippen LogP contribution in [-0.2, 0) is 53.6 Å². The molecule has 0 atom stereocenters. The third kappa shape index (κ3) is 12.2. The van der Waals surface area contributed by atoms with Crippen molar-refractivity contribution >= 4 is 29.8 Å². The van der Waals surface area contributed by atoms with Gasteiger partial charge in [0.05, 0.1) is 17.7 Å². The van der Waals surface area contributed by atoms with Gasteiger partial charge in [-0.05, 0) is 38.4 Å². The number of benzene rings is 3. The first-order chi connectivity index (χ1) is 18.6. The molecule has 5 aromatic carbocycles. The van der Waals surface area contributed by atoms with Crippen LogP contribution >= 0.6 is 7.92 Å². The Morgan fingerprint density at radius 3 is 1.82 bits per heavy atom. The molecule has 5 rings (SSSR count). The van der Waals surface area contributed by atoms with Crippen LogP contribution in [0.2, 0.25) is 0 Å². The molecule has 6 heteroatoms. The van der Waals surface area contributed by atoms with Crippen LogP contribution in [0.1, 0.15) is 11.1 Å². The van der Waals surface area contributed by atoms with E-state index in [0.717, 1.165) is 12.1 Å². The zero-order valence-electron chi connectivity index (χ0n) is 22.9. The van der Waals surface area contributed by atoms with Crippen LogP contribution < -0.4 is 15.9 Å². The molecule has 0 bridgehead atoms. The molecule has 40 heavy (non-hydrogen) atoms. The maximum Gasteiger partial charge on any atom is 0.219 e. The molecule has 3 nitrogen and oxygen atoms in total. The molecule has 0 heterocycles. The van der Waals surface area contributed by atoms with E-state index in [4.69, 9.17) is 4.74 Å². The van der Waals surface area contributed by atoms with E-state index in [1.54, 1.807) is 6.42 Å². The molecule has 5 aromatic rings. The van der Waals surface area contributed by atoms with E-state index < -0.39 is 7.92 Å². The van der Waals surface area contributed by atoms with E-state index in [1.807, 2.05) is 72.8 Å². The van der Waals surface area contributed by atoms with Gasteiger partial charge in [0.2, 0.25) is 5.97 Å². The zero-order valence-corrected chi connectivity index (χ0v) is 26.6. The van der Waals surface area contributed by atoms with Crippen molar-refractivity contribution in [2.75, 3.05) is 21.2 Å². The number of carbonyl (C=O) groups excluding carboxylic acids is 1. The summed E-state index contributed by atoms with van der Waals surface area (Å²) < 4.78 is 4.79. The number of nitrogens with zero attached hydrogens (tertiary/aromatic N) is 1. The van der Waals surface area contributed by atoms with Gasteiger partial charge in [0.25, 0.3) is 0 Å². The van der Waals surface area contributed by atoms with Gasteiger partial charge >= 0.3 is 0 Å². The first-order valence-corrected chi connectivity index (χ1v) is 14.0. The van der Waals surface area contributed by atoms with Gasteiger partial charge in [0, 0.05) is 52.0 Å². The van der Waals surface area contributed by atoms with Crippen molar-refractivity contribution in [3.63, 3.8) is 0 Å². The molecule has 0 spiro atoms. The normalized spacial score (nSPS) is 9.62. The smallest absolute Gasteiger partial charge is 0.219 e. The third-order valence-electron chi connectivity index (χ3n) is 5.53. The fourth-order valence-corrected chi connectivity index (χ4v) is 6.57. The Hall–Kier alpha value is -2.73. The average Bonchev–Trinajstić information content (AvgIpc) is 3.67. The van der Waals surface area contributed by atoms with E-state index in [-0.39, 0.29) is 43.5 Å². The first-order valence-electron chi connectivity index (χ1n) is 12.5. The number of methoxy groups -OCH3 is 1. The van der Waals surface area contributed by atoms with Crippen LogP contribution in [0, 0.1) is 12.5 Å². The van der Waals surface area contributed by atoms with Gasteiger partial charge < -0.3 is 45.5 Å². The van der Waals surface area contributed by atoms with Crippen LogP contribution in [0.15, 0.2) is 133 Å². The minimum atomic E-state index is -1.16. The molecule has 0 saturated carbocycles. The summed E-state index contributed by atoms with van der Waals surface area (Å²) in [6, 6.07) is 48.3. The molecule has 218 valence electrons. The number of hydrogen-bond acceptors (Lipinski definition) is 3. The molecule has 0 amide bonds. The molecular formula is C34H35FeNO2PPd-7. The van der Waals surface area contributed by atoms with Gasteiger partial charge in [0.1, 0.15) is 0 Å². The van der Waals surface area contributed by atoms with Crippen molar-refractivity contribution < 1.29 is 47.0 Å². The SMILES string of the molecule is CN(C)Cc1[c-]cccc1.COC(=O)[CH-]c1ccc[c-]1[PH+](c1ccccc1)c1ccccc1.[Fe].[Pd].[cH-]1[cH-][cH-][cH-][cH-]1. The minimum Gasteiger partial charge on any atom is -0.748 e. The number of rotatable bonds is 7. The Balaban J connectivity index is 0.000000389. The quantitative estimate of drug-likeness (QED) is 0.0974. The van der Waals surface area contributed by atoms with Crippen molar-refractivity contribution in [3.05, 3.63) is 157 Å². The molecule has 0 fully saturated rings. The molecule has 0 N–H and O–H groups in total. The minimum absolute atomic E-state index is 0. The Kier molecular flexibility index (Phi) is 17.8. The number of esters is 1. The fraction of sp³-hybridized carbons (Fsp3) is 0.118. The Morgan fingerprint density at radius 2 is 1.38 bits per heavy atom. The predicted octanol–water partition coefficient (Wildman–Crippen LogP) is 5.57. The monoisotopic (exact) mass is 682 g/mol. The summed E-state index contributed by atoms with van der Waals surface area (Å²) in [5, 5.41) is 3.81. The van der Waals surface area contributed by atoms with E-state index in [1.165, 1.54) is 28.6 Å². The van der Waals surface area contributed by atoms with E-state index >= 15 is 0 Å². The number of hydrogen-bond donors (Lipinski definition) is 0. The first kappa shape index (κ1) is 35.3. The Labute approximate surface area is 265 Å². The summed E-state index contributed by atoms with van der Waals surface area (Å²) >= 11 is 0. The number of ether oxygens (including phenoxy) is 1. The van der Waals surface area contributed by atoms with Crippen molar-refractivity contribution in [1.82, 2.24) is 4.90 Å². The van der Waals surface area contributed by atoms with Gasteiger partial charge in [-0.2, -0.15) is 48.9 Å². The summed E-state index contributed by atoms with van der Waals surface area (Å²) in [6.07, 6.45) is 1.58. The Morgan fingerprint density at radius 1 is 0.850 bits per heavy atom. The summed E-state index contributed by atoms with van der Waals surface area (Å²) in [7, 11) is 4.36. The van der Waals surface area contributed by atoms with Crippen LogP contribution in [0.4, 0.5) is 0 Å². The van der Waals surface area contributed by atoms with Crippen LogP contribution in [0.25, 0.3) is 0 Å². The maximum atomic E-state index is 11.7. The second-order valence-electron chi connectivity index (χ2n) is 8.76. The van der Waals surface area contributed by atoms with E-state index in [9.17, 15) is 4.79 Å². The second-order valence-corrected chi connectivity index (χ2v) is 11.2. The molecule has 0 saturated heterocycles. The summed E-state index contributed by atoms with van der Waals surface area (Å²) in [6.45, 7) is 0.973. The van der Waals surface area contributed by atoms with Crippen molar-refractivity contribution in [2.45, 2.75) is 6.54 Å². The standard InChI is InChI=1S/C20H18O2P.C9H12N.C5H5.Fe.Pd/c1-22-20(21)15-16-9-8-14-19(16)23(17-10-4-2-5-11-17)18-12-6-3-7-13-18;1-10(2)8-9-6-4-3-5-7-9;1-2-4-5-3-1;;/h2-15,23H,1H3;3-6H,8H2,1-2H3;1-5H;;/q2*-1;-5;;. The van der Waals surface area contributed by atoms with Gasteiger partial charge in [-0.25, -0.2) is 0 Å². The largest absolute Gasteiger partial charge is 0.748 e. The molecule has 0 radical (unpaired) electrons. The molecule has 0 aliphatic carbocycles. The van der Waals surface area contributed by atoms with Gasteiger partial charge in [0.15, 0.2) is 0 Å². The zero-order chi connectivity index (χ0) is 27.0. The molecular weight excluding hydrogens is 648 g/mol. The van der Waals surface area contributed by atoms with Crippen molar-refractivity contribution in [3.8, 4) is 0 Å². The van der Waals surface area contributed by atoms with Gasteiger partial charge in [-0.15, -0.1) is 10.9 Å². The fourth-order valence-electron chi connectivity index (χ4n) is 3.85. The number of carbonyl (C=O) groups is 1. The van der Waals surface area contributed by atoms with E-state index in [0.29, 0.717) is 0 Å². The third-order valence-corrected chi connectivity index (χ3v) is 8.35. The summed E-state index contributed by atoms with van der Waals surface area (Å²) in [4.78, 5) is 13.8. The van der Waals surface area contributed by atoms with Crippen molar-refractivity contribution in [2.24, 2.45) is 0 Å². The van der Waals surface area contributed by atoms with Crippen LogP contribution in [-0.4, -0.2) is 32.1 Å². The van der Waals surface area contributed by atoms with Gasteiger partial charge in [-0.3, -0.25) is 10.9 Å². The molecule has 0 unspecified atom stereocenters. The van der Waals surface area contributed by atoms with Crippen molar-refractivity contribution in [1.29, 1.82) is 0 Å². The molecule has 0 aliphatic rings. The average molecular weight is 683 g/mol. The van der Waals surface area contributed by atoms with E-state index in [2.05, 4.69) is 85.7 Å². The topological polar surface area (TPSA) is 29.5 Å². The predicted molar refractivity (Wildman–Crippen MR) is 162 cm³/mol. The van der Waals surface area contributed by atoms with Gasteiger partial charge in [-0.1, -0.05) is 36.4 Å². The summed E-state index contributed by atoms with van der Waals surface area (Å²) in [5.74, 6) is -0.320. The molecule has 0 aromatic heterocycles. The molecule has 0 aliphatic heterocycles. The van der Waals surface area contributed by atoms with Crippen LogP contribution in [0.3, 0.4) is 0 Å². The maximum absolute atomic E-state index is 11.7. The Bertz CT molecular complexity index is 1240.